The van der Waals surface area contributed by atoms with Crippen molar-refractivity contribution in [3.05, 3.63) is 46.1 Å². The van der Waals surface area contributed by atoms with E-state index in [1.165, 1.54) is 5.56 Å². The SMILES string of the molecule is CN(C)Cc1ccc(N2CCN(C(=O)c3cc(Br)c4c(c3)nc(N)n4C)CC2)nc1. The van der Waals surface area contributed by atoms with Crippen LogP contribution in [0.1, 0.15) is 15.9 Å². The number of piperazine rings is 1. The first-order valence-corrected chi connectivity index (χ1v) is 10.7. The number of nitrogen functional groups attached to an aromatic ring is 1. The second kappa shape index (κ2) is 8.23. The summed E-state index contributed by atoms with van der Waals surface area (Å²) in [5, 5.41) is 0. The molecule has 0 radical (unpaired) electrons. The van der Waals surface area contributed by atoms with Crippen LogP contribution in [0.15, 0.2) is 34.9 Å². The lowest BCUT2D eigenvalue weighted by atomic mass is 10.1. The number of fused-ring (bicyclic) bond motifs is 1. The molecular weight excluding hydrogens is 446 g/mol. The van der Waals surface area contributed by atoms with Gasteiger partial charge in [0.2, 0.25) is 5.95 Å². The van der Waals surface area contributed by atoms with E-state index in [-0.39, 0.29) is 5.91 Å². The molecule has 1 aromatic carbocycles. The van der Waals surface area contributed by atoms with Crippen molar-refractivity contribution >= 4 is 44.6 Å². The molecule has 1 saturated heterocycles. The summed E-state index contributed by atoms with van der Waals surface area (Å²) in [5.74, 6) is 1.39. The van der Waals surface area contributed by atoms with Crippen molar-refractivity contribution in [3.8, 4) is 0 Å². The summed E-state index contributed by atoms with van der Waals surface area (Å²) in [6.45, 7) is 3.69. The summed E-state index contributed by atoms with van der Waals surface area (Å²) in [6, 6.07) is 7.84. The number of carbonyl (C=O) groups is 1. The maximum Gasteiger partial charge on any atom is 0.254 e. The smallest absolute Gasteiger partial charge is 0.254 e. The summed E-state index contributed by atoms with van der Waals surface area (Å²) < 4.78 is 2.62. The molecule has 0 unspecified atom stereocenters. The third kappa shape index (κ3) is 3.99. The Bertz CT molecular complexity index is 1070. The van der Waals surface area contributed by atoms with E-state index in [1.54, 1.807) is 0 Å². The number of amides is 1. The Morgan fingerprint density at radius 3 is 2.57 bits per heavy atom. The quantitative estimate of drug-likeness (QED) is 0.628. The van der Waals surface area contributed by atoms with E-state index in [9.17, 15) is 4.79 Å². The van der Waals surface area contributed by atoms with Gasteiger partial charge in [0.25, 0.3) is 5.91 Å². The average Bonchev–Trinajstić information content (AvgIpc) is 3.02. The number of halogens is 1. The number of imidazole rings is 1. The van der Waals surface area contributed by atoms with Crippen molar-refractivity contribution in [3.63, 3.8) is 0 Å². The van der Waals surface area contributed by atoms with Crippen LogP contribution in [0.3, 0.4) is 0 Å². The van der Waals surface area contributed by atoms with E-state index >= 15 is 0 Å². The standard InChI is InChI=1S/C21H26BrN7O/c1-26(2)13-14-4-5-18(24-12-14)28-6-8-29(9-7-28)20(30)15-10-16(22)19-17(11-15)25-21(23)27(19)3/h4-5,10-12H,6-9,13H2,1-3H3,(H2,23,25). The Balaban J connectivity index is 1.44. The third-order valence-corrected chi connectivity index (χ3v) is 6.01. The maximum absolute atomic E-state index is 13.1. The van der Waals surface area contributed by atoms with Gasteiger partial charge in [-0.1, -0.05) is 6.07 Å². The lowest BCUT2D eigenvalue weighted by molar-refractivity contribution is 0.0746. The number of pyridine rings is 1. The summed E-state index contributed by atoms with van der Waals surface area (Å²) in [5.41, 5.74) is 9.32. The van der Waals surface area contributed by atoms with Gasteiger partial charge in [-0.05, 0) is 53.8 Å². The third-order valence-electron chi connectivity index (χ3n) is 5.40. The van der Waals surface area contributed by atoms with E-state index in [0.29, 0.717) is 30.1 Å². The summed E-state index contributed by atoms with van der Waals surface area (Å²) in [6.07, 6.45) is 1.93. The molecular formula is C21H26BrN7O. The number of carbonyl (C=O) groups excluding carboxylic acids is 1. The first kappa shape index (κ1) is 20.6. The van der Waals surface area contributed by atoms with E-state index in [0.717, 1.165) is 35.4 Å². The topological polar surface area (TPSA) is 83.5 Å². The molecule has 1 amide bonds. The number of hydrogen-bond acceptors (Lipinski definition) is 6. The monoisotopic (exact) mass is 471 g/mol. The second-order valence-corrected chi connectivity index (χ2v) is 8.75. The summed E-state index contributed by atoms with van der Waals surface area (Å²) >= 11 is 3.56. The predicted molar refractivity (Wildman–Crippen MR) is 123 cm³/mol. The fourth-order valence-electron chi connectivity index (χ4n) is 3.82. The molecule has 9 heteroatoms. The van der Waals surface area contributed by atoms with Gasteiger partial charge in [0.15, 0.2) is 0 Å². The van der Waals surface area contributed by atoms with Gasteiger partial charge in [0.1, 0.15) is 5.82 Å². The molecule has 2 aromatic heterocycles. The minimum atomic E-state index is 0.00997. The highest BCUT2D eigenvalue weighted by molar-refractivity contribution is 9.10. The Kier molecular flexibility index (Phi) is 5.66. The second-order valence-electron chi connectivity index (χ2n) is 7.90. The molecule has 1 aliphatic heterocycles. The summed E-state index contributed by atoms with van der Waals surface area (Å²) in [7, 11) is 5.95. The molecule has 8 nitrogen and oxygen atoms in total. The number of nitrogens with two attached hydrogens (primary N) is 1. The number of rotatable bonds is 4. The molecule has 1 aliphatic rings. The number of benzene rings is 1. The lowest BCUT2D eigenvalue weighted by Crippen LogP contribution is -2.49. The molecule has 0 saturated carbocycles. The fourth-order valence-corrected chi connectivity index (χ4v) is 4.54. The number of aryl methyl sites for hydroxylation is 1. The molecule has 4 rings (SSSR count). The Labute approximate surface area is 184 Å². The van der Waals surface area contributed by atoms with Crippen molar-refractivity contribution in [2.24, 2.45) is 7.05 Å². The van der Waals surface area contributed by atoms with Crippen molar-refractivity contribution in [2.45, 2.75) is 6.54 Å². The van der Waals surface area contributed by atoms with Crippen LogP contribution in [0.2, 0.25) is 0 Å². The first-order valence-electron chi connectivity index (χ1n) is 9.89. The van der Waals surface area contributed by atoms with Gasteiger partial charge in [-0.2, -0.15) is 0 Å². The highest BCUT2D eigenvalue weighted by atomic mass is 79.9. The minimum Gasteiger partial charge on any atom is -0.369 e. The van der Waals surface area contributed by atoms with Crippen LogP contribution in [0.5, 0.6) is 0 Å². The molecule has 0 bridgehead atoms. The predicted octanol–water partition coefficient (Wildman–Crippen LogP) is 2.34. The van der Waals surface area contributed by atoms with E-state index in [1.807, 2.05) is 48.9 Å². The Hall–Kier alpha value is -2.65. The number of nitrogens with zero attached hydrogens (tertiary/aromatic N) is 6. The summed E-state index contributed by atoms with van der Waals surface area (Å²) in [4.78, 5) is 28.3. The molecule has 2 N–H and O–H groups in total. The molecule has 0 spiro atoms. The van der Waals surface area contributed by atoms with E-state index in [4.69, 9.17) is 5.73 Å². The fraction of sp³-hybridized carbons (Fsp3) is 0.381. The molecule has 30 heavy (non-hydrogen) atoms. The van der Waals surface area contributed by atoms with Gasteiger partial charge in [-0.25, -0.2) is 9.97 Å². The van der Waals surface area contributed by atoms with E-state index in [2.05, 4.69) is 47.8 Å². The molecule has 3 heterocycles. The zero-order chi connectivity index (χ0) is 21.4. The minimum absolute atomic E-state index is 0.00997. The number of hydrogen-bond donors (Lipinski definition) is 1. The molecule has 3 aromatic rings. The largest absolute Gasteiger partial charge is 0.369 e. The van der Waals surface area contributed by atoms with Crippen LogP contribution in [0, 0.1) is 0 Å². The molecule has 0 aliphatic carbocycles. The number of anilines is 2. The van der Waals surface area contributed by atoms with Crippen molar-refractivity contribution in [1.82, 2.24) is 24.3 Å². The lowest BCUT2D eigenvalue weighted by Gasteiger charge is -2.35. The molecule has 158 valence electrons. The van der Waals surface area contributed by atoms with Gasteiger partial charge in [0, 0.05) is 56.0 Å². The normalized spacial score (nSPS) is 14.7. The van der Waals surface area contributed by atoms with Crippen molar-refractivity contribution < 1.29 is 4.79 Å². The maximum atomic E-state index is 13.1. The van der Waals surface area contributed by atoms with Crippen LogP contribution < -0.4 is 10.6 Å². The van der Waals surface area contributed by atoms with Gasteiger partial charge in [-0.15, -0.1) is 0 Å². The first-order chi connectivity index (χ1) is 14.3. The van der Waals surface area contributed by atoms with Crippen LogP contribution >= 0.6 is 15.9 Å². The van der Waals surface area contributed by atoms with Crippen LogP contribution in [0.4, 0.5) is 11.8 Å². The van der Waals surface area contributed by atoms with Crippen molar-refractivity contribution in [2.75, 3.05) is 50.9 Å². The van der Waals surface area contributed by atoms with Gasteiger partial charge in [-0.3, -0.25) is 4.79 Å². The molecule has 0 atom stereocenters. The zero-order valence-corrected chi connectivity index (χ0v) is 19.1. The van der Waals surface area contributed by atoms with Gasteiger partial charge >= 0.3 is 0 Å². The highest BCUT2D eigenvalue weighted by Gasteiger charge is 2.24. The van der Waals surface area contributed by atoms with Crippen molar-refractivity contribution in [1.29, 1.82) is 0 Å². The van der Waals surface area contributed by atoms with Crippen LogP contribution in [0.25, 0.3) is 11.0 Å². The van der Waals surface area contributed by atoms with Crippen LogP contribution in [-0.2, 0) is 13.6 Å². The van der Waals surface area contributed by atoms with Gasteiger partial charge < -0.3 is 25.0 Å². The molecule has 1 fully saturated rings. The Morgan fingerprint density at radius 1 is 1.20 bits per heavy atom. The average molecular weight is 472 g/mol. The zero-order valence-electron chi connectivity index (χ0n) is 17.5. The van der Waals surface area contributed by atoms with E-state index < -0.39 is 0 Å². The highest BCUT2D eigenvalue weighted by Crippen LogP contribution is 2.28. The Morgan fingerprint density at radius 2 is 1.93 bits per heavy atom. The van der Waals surface area contributed by atoms with Gasteiger partial charge in [0.05, 0.1) is 11.0 Å². The van der Waals surface area contributed by atoms with Crippen LogP contribution in [-0.4, -0.2) is 70.5 Å². The number of aromatic nitrogens is 3.